The Balaban J connectivity index is 1.76. The Labute approximate surface area is 196 Å². The van der Waals surface area contributed by atoms with Crippen LogP contribution in [0.25, 0.3) is 0 Å². The van der Waals surface area contributed by atoms with Gasteiger partial charge < -0.3 is 5.32 Å². The summed E-state index contributed by atoms with van der Waals surface area (Å²) in [6.45, 7) is 0. The van der Waals surface area contributed by atoms with Crippen molar-refractivity contribution in [2.24, 2.45) is 0 Å². The number of amides is 1. The van der Waals surface area contributed by atoms with E-state index in [1.807, 2.05) is 42.5 Å². The van der Waals surface area contributed by atoms with Gasteiger partial charge in [-0.2, -0.15) is 0 Å². The lowest BCUT2D eigenvalue weighted by Crippen LogP contribution is -2.37. The van der Waals surface area contributed by atoms with Crippen LogP contribution in [-0.2, 0) is 9.67 Å². The standard InChI is InChI=1S/C27H19Cl2NO2/c28-22-16-17-24(23(18-22)25(31)19-10-4-1-5-11-19)30-26(32)27(29,20-12-6-2-7-13-20)21-14-8-3-9-15-21/h1-18H,(H,30,32). The molecule has 5 heteroatoms. The lowest BCUT2D eigenvalue weighted by molar-refractivity contribution is -0.117. The molecule has 0 aromatic heterocycles. The van der Waals surface area contributed by atoms with Crippen molar-refractivity contribution in [1.82, 2.24) is 0 Å². The number of ketones is 1. The van der Waals surface area contributed by atoms with Gasteiger partial charge in [0.1, 0.15) is 0 Å². The van der Waals surface area contributed by atoms with E-state index in [9.17, 15) is 9.59 Å². The SMILES string of the molecule is O=C(c1ccccc1)c1cc(Cl)ccc1NC(=O)C(Cl)(c1ccccc1)c1ccccc1. The Hall–Kier alpha value is -3.40. The molecule has 0 aliphatic rings. The van der Waals surface area contributed by atoms with Crippen molar-refractivity contribution < 1.29 is 9.59 Å². The molecule has 0 unspecified atom stereocenters. The highest BCUT2D eigenvalue weighted by molar-refractivity contribution is 6.39. The smallest absolute Gasteiger partial charge is 0.254 e. The van der Waals surface area contributed by atoms with E-state index in [-0.39, 0.29) is 11.3 Å². The van der Waals surface area contributed by atoms with Gasteiger partial charge >= 0.3 is 0 Å². The van der Waals surface area contributed by atoms with Gasteiger partial charge in [-0.05, 0) is 29.3 Å². The first-order valence-electron chi connectivity index (χ1n) is 10.0. The third-order valence-electron chi connectivity index (χ3n) is 5.17. The van der Waals surface area contributed by atoms with Crippen LogP contribution in [-0.4, -0.2) is 11.7 Å². The van der Waals surface area contributed by atoms with Crippen LogP contribution in [0.15, 0.2) is 109 Å². The number of hydrogen-bond acceptors (Lipinski definition) is 2. The van der Waals surface area contributed by atoms with Crippen molar-refractivity contribution in [2.75, 3.05) is 5.32 Å². The van der Waals surface area contributed by atoms with E-state index in [1.165, 1.54) is 0 Å². The second-order valence-corrected chi connectivity index (χ2v) is 8.23. The molecule has 0 fully saturated rings. The summed E-state index contributed by atoms with van der Waals surface area (Å²) >= 11 is 13.2. The third kappa shape index (κ3) is 4.31. The Morgan fingerprint density at radius 3 is 1.72 bits per heavy atom. The van der Waals surface area contributed by atoms with Gasteiger partial charge in [0.15, 0.2) is 10.7 Å². The number of alkyl halides is 1. The molecule has 0 saturated heterocycles. The van der Waals surface area contributed by atoms with E-state index in [4.69, 9.17) is 23.2 Å². The lowest BCUT2D eigenvalue weighted by Gasteiger charge is -2.27. The normalized spacial score (nSPS) is 11.1. The minimum atomic E-state index is -1.49. The molecule has 0 bridgehead atoms. The van der Waals surface area contributed by atoms with Crippen molar-refractivity contribution in [3.63, 3.8) is 0 Å². The van der Waals surface area contributed by atoms with Gasteiger partial charge in [-0.3, -0.25) is 9.59 Å². The molecule has 32 heavy (non-hydrogen) atoms. The summed E-state index contributed by atoms with van der Waals surface area (Å²) in [5.74, 6) is -0.719. The fourth-order valence-corrected chi connectivity index (χ4v) is 4.00. The molecular formula is C27H19Cl2NO2. The summed E-state index contributed by atoms with van der Waals surface area (Å²) in [6.07, 6.45) is 0. The summed E-state index contributed by atoms with van der Waals surface area (Å²) < 4.78 is 0. The molecule has 0 saturated carbocycles. The first kappa shape index (κ1) is 21.8. The number of carbonyl (C=O) groups is 2. The van der Waals surface area contributed by atoms with E-state index in [1.54, 1.807) is 66.7 Å². The molecule has 4 aromatic carbocycles. The van der Waals surface area contributed by atoms with Gasteiger partial charge in [-0.1, -0.05) is 114 Å². The fourth-order valence-electron chi connectivity index (χ4n) is 3.53. The Morgan fingerprint density at radius 2 is 1.19 bits per heavy atom. The summed E-state index contributed by atoms with van der Waals surface area (Å²) in [4.78, 5) is 25.3. The van der Waals surface area contributed by atoms with Crippen molar-refractivity contribution in [3.8, 4) is 0 Å². The van der Waals surface area contributed by atoms with E-state index in [0.717, 1.165) is 0 Å². The monoisotopic (exact) mass is 459 g/mol. The van der Waals surface area contributed by atoms with Crippen LogP contribution >= 0.6 is 23.2 Å². The van der Waals surface area contributed by atoms with Gasteiger partial charge in [0.25, 0.3) is 5.91 Å². The highest BCUT2D eigenvalue weighted by Crippen LogP contribution is 2.38. The van der Waals surface area contributed by atoms with Gasteiger partial charge in [0, 0.05) is 16.1 Å². The van der Waals surface area contributed by atoms with E-state index in [0.29, 0.717) is 27.4 Å². The summed E-state index contributed by atoms with van der Waals surface area (Å²) in [5.41, 5.74) is 2.36. The first-order valence-corrected chi connectivity index (χ1v) is 10.8. The van der Waals surface area contributed by atoms with Gasteiger partial charge in [-0.25, -0.2) is 0 Å². The molecular weight excluding hydrogens is 441 g/mol. The zero-order chi connectivity index (χ0) is 22.6. The predicted molar refractivity (Wildman–Crippen MR) is 129 cm³/mol. The van der Waals surface area contributed by atoms with Crippen LogP contribution in [0, 0.1) is 0 Å². The van der Waals surface area contributed by atoms with Crippen LogP contribution in [0.4, 0.5) is 5.69 Å². The zero-order valence-corrected chi connectivity index (χ0v) is 18.5. The second-order valence-electron chi connectivity index (χ2n) is 7.23. The Kier molecular flexibility index (Phi) is 6.40. The quantitative estimate of drug-likeness (QED) is 0.257. The van der Waals surface area contributed by atoms with Crippen LogP contribution in [0.1, 0.15) is 27.0 Å². The number of hydrogen-bond donors (Lipinski definition) is 1. The molecule has 0 aliphatic carbocycles. The van der Waals surface area contributed by atoms with Gasteiger partial charge in [0.05, 0.1) is 5.69 Å². The zero-order valence-electron chi connectivity index (χ0n) is 17.0. The molecule has 158 valence electrons. The lowest BCUT2D eigenvalue weighted by atomic mass is 9.89. The number of halogens is 2. The van der Waals surface area contributed by atoms with Crippen LogP contribution in [0.2, 0.25) is 5.02 Å². The maximum Gasteiger partial charge on any atom is 0.254 e. The molecule has 0 radical (unpaired) electrons. The Bertz CT molecular complexity index is 1200. The van der Waals surface area contributed by atoms with E-state index >= 15 is 0 Å². The molecule has 0 heterocycles. The van der Waals surface area contributed by atoms with Crippen molar-refractivity contribution >= 4 is 40.6 Å². The second kappa shape index (κ2) is 9.39. The maximum absolute atomic E-state index is 13.6. The molecule has 1 N–H and O–H groups in total. The molecule has 3 nitrogen and oxygen atoms in total. The number of rotatable bonds is 6. The molecule has 0 aliphatic heterocycles. The average molecular weight is 460 g/mol. The predicted octanol–water partition coefficient (Wildman–Crippen LogP) is 6.69. The van der Waals surface area contributed by atoms with Crippen LogP contribution < -0.4 is 5.32 Å². The minimum Gasteiger partial charge on any atom is -0.323 e. The number of benzene rings is 4. The Morgan fingerprint density at radius 1 is 0.688 bits per heavy atom. The number of carbonyl (C=O) groups excluding carboxylic acids is 2. The maximum atomic E-state index is 13.6. The molecule has 0 atom stereocenters. The van der Waals surface area contributed by atoms with E-state index < -0.39 is 10.8 Å². The summed E-state index contributed by atoms with van der Waals surface area (Å²) in [5, 5.41) is 3.27. The van der Waals surface area contributed by atoms with Gasteiger partial charge in [0.2, 0.25) is 0 Å². The summed E-state index contributed by atoms with van der Waals surface area (Å²) in [6, 6.07) is 31.9. The number of nitrogens with one attached hydrogen (secondary N) is 1. The molecule has 4 rings (SSSR count). The first-order chi connectivity index (χ1) is 15.5. The molecule has 4 aromatic rings. The third-order valence-corrected chi connectivity index (χ3v) is 6.01. The van der Waals surface area contributed by atoms with Crippen molar-refractivity contribution in [1.29, 1.82) is 0 Å². The van der Waals surface area contributed by atoms with Crippen molar-refractivity contribution in [3.05, 3.63) is 136 Å². The van der Waals surface area contributed by atoms with Crippen LogP contribution in [0.5, 0.6) is 0 Å². The fraction of sp³-hybridized carbons (Fsp3) is 0.0370. The number of anilines is 1. The largest absolute Gasteiger partial charge is 0.323 e. The van der Waals surface area contributed by atoms with Gasteiger partial charge in [-0.15, -0.1) is 0 Å². The topological polar surface area (TPSA) is 46.2 Å². The molecule has 0 spiro atoms. The van der Waals surface area contributed by atoms with Crippen molar-refractivity contribution in [2.45, 2.75) is 4.87 Å². The average Bonchev–Trinajstić information content (AvgIpc) is 2.85. The minimum absolute atomic E-state index is 0.247. The van der Waals surface area contributed by atoms with Crippen LogP contribution in [0.3, 0.4) is 0 Å². The highest BCUT2D eigenvalue weighted by Gasteiger charge is 2.40. The van der Waals surface area contributed by atoms with E-state index in [2.05, 4.69) is 5.32 Å². The molecule has 1 amide bonds. The highest BCUT2D eigenvalue weighted by atomic mass is 35.5. The summed E-state index contributed by atoms with van der Waals surface area (Å²) in [7, 11) is 0.